The lowest BCUT2D eigenvalue weighted by Crippen LogP contribution is -2.05. The summed E-state index contributed by atoms with van der Waals surface area (Å²) in [5.74, 6) is 1.48. The fourth-order valence-corrected chi connectivity index (χ4v) is 2.34. The molecule has 0 aromatic heterocycles. The third-order valence-corrected chi connectivity index (χ3v) is 3.30. The van der Waals surface area contributed by atoms with Gasteiger partial charge in [0.05, 0.1) is 0 Å². The number of halogens is 1. The van der Waals surface area contributed by atoms with Gasteiger partial charge >= 0.3 is 0 Å². The normalized spacial score (nSPS) is 36.8. The predicted molar refractivity (Wildman–Crippen MR) is 49.7 cm³/mol. The van der Waals surface area contributed by atoms with Gasteiger partial charge in [0.1, 0.15) is 0 Å². The van der Waals surface area contributed by atoms with Crippen LogP contribution in [0.4, 0.5) is 0 Å². The zero-order valence-electron chi connectivity index (χ0n) is 7.60. The minimum Gasteiger partial charge on any atom is -0.330 e. The van der Waals surface area contributed by atoms with Crippen LogP contribution in [-0.2, 0) is 0 Å². The van der Waals surface area contributed by atoms with Crippen LogP contribution in [0.2, 0.25) is 0 Å². The lowest BCUT2D eigenvalue weighted by atomic mass is 10.1. The second-order valence-electron chi connectivity index (χ2n) is 4.29. The average Bonchev–Trinajstić information content (AvgIpc) is 2.33. The maximum absolute atomic E-state index is 5.92. The fraction of sp³-hybridized carbons (Fsp3) is 1.00. The van der Waals surface area contributed by atoms with Crippen molar-refractivity contribution in [2.24, 2.45) is 23.0 Å². The molecule has 0 aliphatic heterocycles. The summed E-state index contributed by atoms with van der Waals surface area (Å²) >= 11 is 5.92. The molecule has 1 fully saturated rings. The van der Waals surface area contributed by atoms with E-state index in [2.05, 4.69) is 20.8 Å². The van der Waals surface area contributed by atoms with Crippen molar-refractivity contribution in [1.29, 1.82) is 0 Å². The molecule has 1 nitrogen and oxygen atoms in total. The summed E-state index contributed by atoms with van der Waals surface area (Å²) in [6.07, 6.45) is 1.12. The molecule has 66 valence electrons. The molecule has 0 amide bonds. The van der Waals surface area contributed by atoms with Crippen molar-refractivity contribution < 1.29 is 0 Å². The van der Waals surface area contributed by atoms with E-state index in [1.54, 1.807) is 0 Å². The quantitative estimate of drug-likeness (QED) is 0.655. The number of hydrogen-bond acceptors (Lipinski definition) is 1. The molecule has 0 radical (unpaired) electrons. The Morgan fingerprint density at radius 1 is 1.45 bits per heavy atom. The van der Waals surface area contributed by atoms with Gasteiger partial charge in [-0.15, -0.1) is 11.6 Å². The Morgan fingerprint density at radius 2 is 2.00 bits per heavy atom. The van der Waals surface area contributed by atoms with Crippen molar-refractivity contribution in [3.8, 4) is 0 Å². The van der Waals surface area contributed by atoms with Crippen molar-refractivity contribution >= 4 is 11.6 Å². The molecule has 0 aromatic rings. The molecular weight excluding hydrogens is 158 g/mol. The van der Waals surface area contributed by atoms with Crippen LogP contribution < -0.4 is 5.73 Å². The minimum absolute atomic E-state index is 0.302. The van der Waals surface area contributed by atoms with E-state index >= 15 is 0 Å². The second kappa shape index (κ2) is 2.95. The summed E-state index contributed by atoms with van der Waals surface area (Å²) in [5, 5.41) is 0.302. The first-order chi connectivity index (χ1) is 5.00. The van der Waals surface area contributed by atoms with Crippen LogP contribution in [0.15, 0.2) is 0 Å². The van der Waals surface area contributed by atoms with Gasteiger partial charge in [-0.25, -0.2) is 0 Å². The highest BCUT2D eigenvalue weighted by molar-refractivity contribution is 6.20. The summed E-state index contributed by atoms with van der Waals surface area (Å²) in [6.45, 7) is 7.45. The van der Waals surface area contributed by atoms with Crippen molar-refractivity contribution in [3.63, 3.8) is 0 Å². The Bertz CT molecular complexity index is 142. The van der Waals surface area contributed by atoms with Gasteiger partial charge in [-0.3, -0.25) is 0 Å². The molecule has 2 N–H and O–H groups in total. The molecular formula is C9H18ClN. The lowest BCUT2D eigenvalue weighted by molar-refractivity contribution is 0.521. The molecule has 1 rings (SSSR count). The number of nitrogens with two attached hydrogens (primary N) is 1. The molecule has 0 bridgehead atoms. The number of rotatable bonds is 3. The molecule has 3 atom stereocenters. The molecule has 1 aliphatic rings. The summed E-state index contributed by atoms with van der Waals surface area (Å²) in [6, 6.07) is 0. The second-order valence-corrected chi connectivity index (χ2v) is 5.03. The topological polar surface area (TPSA) is 26.0 Å². The van der Waals surface area contributed by atoms with Crippen LogP contribution in [-0.4, -0.2) is 11.9 Å². The monoisotopic (exact) mass is 175 g/mol. The average molecular weight is 176 g/mol. The molecule has 0 aromatic carbocycles. The Morgan fingerprint density at radius 3 is 2.27 bits per heavy atom. The molecule has 0 unspecified atom stereocenters. The summed E-state index contributed by atoms with van der Waals surface area (Å²) < 4.78 is 0. The smallest absolute Gasteiger partial charge is 0.0310 e. The summed E-state index contributed by atoms with van der Waals surface area (Å²) in [5.41, 5.74) is 6.09. The third-order valence-electron chi connectivity index (χ3n) is 3.12. The van der Waals surface area contributed by atoms with E-state index in [9.17, 15) is 0 Å². The van der Waals surface area contributed by atoms with Crippen LogP contribution in [0, 0.1) is 17.3 Å². The zero-order chi connectivity index (χ0) is 8.65. The Hall–Kier alpha value is 0.250. The van der Waals surface area contributed by atoms with E-state index in [0.29, 0.717) is 16.7 Å². The van der Waals surface area contributed by atoms with Gasteiger partial charge < -0.3 is 5.73 Å². The van der Waals surface area contributed by atoms with Crippen molar-refractivity contribution in [2.75, 3.05) is 6.54 Å². The van der Waals surface area contributed by atoms with Gasteiger partial charge in [0.25, 0.3) is 0 Å². The molecule has 1 aliphatic carbocycles. The Balaban J connectivity index is 2.39. The standard InChI is InChI=1S/C9H18ClN/c1-6(10)4-7-8(5-11)9(7,2)3/h6-8H,4-5,11H2,1-3H3/t6-,7+,8+/m0/s1. The number of alkyl halides is 1. The van der Waals surface area contributed by atoms with Gasteiger partial charge in [0.2, 0.25) is 0 Å². The highest BCUT2D eigenvalue weighted by atomic mass is 35.5. The largest absolute Gasteiger partial charge is 0.330 e. The maximum Gasteiger partial charge on any atom is 0.0310 e. The Labute approximate surface area is 74.3 Å². The Kier molecular flexibility index (Phi) is 2.50. The van der Waals surface area contributed by atoms with Gasteiger partial charge in [-0.2, -0.15) is 0 Å². The van der Waals surface area contributed by atoms with E-state index < -0.39 is 0 Å². The molecule has 0 saturated heterocycles. The lowest BCUT2D eigenvalue weighted by Gasteiger charge is -2.03. The minimum atomic E-state index is 0.302. The van der Waals surface area contributed by atoms with E-state index in [1.165, 1.54) is 0 Å². The van der Waals surface area contributed by atoms with E-state index in [-0.39, 0.29) is 0 Å². The van der Waals surface area contributed by atoms with Crippen molar-refractivity contribution in [1.82, 2.24) is 0 Å². The van der Waals surface area contributed by atoms with Gasteiger partial charge in [0.15, 0.2) is 0 Å². The summed E-state index contributed by atoms with van der Waals surface area (Å²) in [4.78, 5) is 0. The van der Waals surface area contributed by atoms with E-state index in [1.807, 2.05) is 0 Å². The maximum atomic E-state index is 5.92. The van der Waals surface area contributed by atoms with Crippen LogP contribution in [0.1, 0.15) is 27.2 Å². The first-order valence-electron chi connectivity index (χ1n) is 4.34. The zero-order valence-corrected chi connectivity index (χ0v) is 8.36. The van der Waals surface area contributed by atoms with Crippen LogP contribution in [0.25, 0.3) is 0 Å². The molecule has 1 saturated carbocycles. The van der Waals surface area contributed by atoms with E-state index in [4.69, 9.17) is 17.3 Å². The van der Waals surface area contributed by atoms with Gasteiger partial charge in [-0.1, -0.05) is 13.8 Å². The molecule has 0 spiro atoms. The van der Waals surface area contributed by atoms with Crippen molar-refractivity contribution in [2.45, 2.75) is 32.6 Å². The van der Waals surface area contributed by atoms with Gasteiger partial charge in [0, 0.05) is 5.38 Å². The summed E-state index contributed by atoms with van der Waals surface area (Å²) in [7, 11) is 0. The number of hydrogen-bond donors (Lipinski definition) is 1. The highest BCUT2D eigenvalue weighted by Gasteiger charge is 2.56. The van der Waals surface area contributed by atoms with E-state index in [0.717, 1.165) is 18.9 Å². The van der Waals surface area contributed by atoms with Crippen LogP contribution in [0.3, 0.4) is 0 Å². The van der Waals surface area contributed by atoms with Gasteiger partial charge in [-0.05, 0) is 37.1 Å². The molecule has 2 heteroatoms. The SMILES string of the molecule is C[C@H](Cl)C[C@@H]1[C@@H](CN)C1(C)C. The van der Waals surface area contributed by atoms with Crippen molar-refractivity contribution in [3.05, 3.63) is 0 Å². The van der Waals surface area contributed by atoms with Crippen LogP contribution >= 0.6 is 11.6 Å². The molecule has 0 heterocycles. The third kappa shape index (κ3) is 1.70. The fourth-order valence-electron chi connectivity index (χ4n) is 2.14. The molecule has 11 heavy (non-hydrogen) atoms. The first-order valence-corrected chi connectivity index (χ1v) is 4.78. The first kappa shape index (κ1) is 9.34. The predicted octanol–water partition coefficient (Wildman–Crippen LogP) is 2.23. The highest BCUT2D eigenvalue weighted by Crippen LogP contribution is 2.59. The van der Waals surface area contributed by atoms with Crippen LogP contribution in [0.5, 0.6) is 0 Å².